The number of nitrogens with zero attached hydrogens (tertiary/aromatic N) is 5. The van der Waals surface area contributed by atoms with Crippen molar-refractivity contribution in [2.75, 3.05) is 6.54 Å². The molecule has 7 nitrogen and oxygen atoms in total. The summed E-state index contributed by atoms with van der Waals surface area (Å²) < 4.78 is 0.612. The lowest BCUT2D eigenvalue weighted by molar-refractivity contribution is -0.122. The van der Waals surface area contributed by atoms with E-state index in [2.05, 4.69) is 9.97 Å². The number of thioether (sulfide) groups is 3. The van der Waals surface area contributed by atoms with Crippen LogP contribution in [0.4, 0.5) is 4.79 Å². The number of carbonyl (C=O) groups excluding carboxylic acids is 2. The molecule has 1 aromatic heterocycles. The van der Waals surface area contributed by atoms with E-state index in [0.717, 1.165) is 11.8 Å². The molecule has 0 spiro atoms. The maximum Gasteiger partial charge on any atom is 0.293 e. The van der Waals surface area contributed by atoms with Gasteiger partial charge in [-0.25, -0.2) is 9.97 Å². The molecule has 3 rings (SSSR count). The average Bonchev–Trinajstić information content (AvgIpc) is 3.08. The third-order valence-electron chi connectivity index (χ3n) is 2.91. The fraction of sp³-hybridized carbons (Fsp3) is 0.231. The maximum absolute atomic E-state index is 12.3. The summed E-state index contributed by atoms with van der Waals surface area (Å²) in [5.74, 6) is -0.314. The van der Waals surface area contributed by atoms with Gasteiger partial charge in [-0.1, -0.05) is 30.4 Å². The van der Waals surface area contributed by atoms with Gasteiger partial charge in [-0.05, 0) is 18.2 Å². The van der Waals surface area contributed by atoms with E-state index in [1.54, 1.807) is 0 Å². The maximum atomic E-state index is 12.3. The van der Waals surface area contributed by atoms with Gasteiger partial charge in [0.2, 0.25) is 0 Å². The highest BCUT2D eigenvalue weighted by molar-refractivity contribution is 8.27. The molecule has 1 fully saturated rings. The summed E-state index contributed by atoms with van der Waals surface area (Å²) in [4.78, 5) is 34.0. The molecule has 1 saturated heterocycles. The molecule has 0 saturated carbocycles. The van der Waals surface area contributed by atoms with Crippen LogP contribution in [-0.4, -0.2) is 32.6 Å². The summed E-state index contributed by atoms with van der Waals surface area (Å²) in [5.41, 5.74) is -0.0839. The summed E-state index contributed by atoms with van der Waals surface area (Å²) >= 11 is 3.29. The molecule has 3 heterocycles. The Labute approximate surface area is 144 Å². The molecule has 1 aromatic rings. The largest absolute Gasteiger partial charge is 0.293 e. The van der Waals surface area contributed by atoms with Gasteiger partial charge in [0.1, 0.15) is 27.1 Å². The first-order valence-electron chi connectivity index (χ1n) is 6.45. The highest BCUT2D eigenvalue weighted by Gasteiger charge is 2.39. The molecule has 0 unspecified atom stereocenters. The van der Waals surface area contributed by atoms with Gasteiger partial charge in [0, 0.05) is 6.54 Å². The lowest BCUT2D eigenvalue weighted by atomic mass is 10.3. The minimum absolute atomic E-state index is 0.0420. The summed E-state index contributed by atoms with van der Waals surface area (Å²) in [6.07, 6.45) is 0.696. The Morgan fingerprint density at radius 3 is 2.09 bits per heavy atom. The molecule has 0 atom stereocenters. The fourth-order valence-electron chi connectivity index (χ4n) is 1.92. The standard InChI is InChI=1S/C13H7N5O2S3/c1-2-3-18-11(19)8(21-13(18)20)12-22-9-10(23-12)17-7(5-15)6(4-14)16-9/h2-3H2,1H3. The van der Waals surface area contributed by atoms with Crippen LogP contribution in [0.3, 0.4) is 0 Å². The van der Waals surface area contributed by atoms with Gasteiger partial charge in [-0.15, -0.1) is 0 Å². The molecule has 0 radical (unpaired) electrons. The quantitative estimate of drug-likeness (QED) is 0.734. The lowest BCUT2D eigenvalue weighted by Crippen LogP contribution is -2.28. The minimum atomic E-state index is -0.314. The second-order valence-corrected chi connectivity index (χ2v) is 7.62. The van der Waals surface area contributed by atoms with Crippen molar-refractivity contribution in [3.63, 3.8) is 0 Å². The Balaban J connectivity index is 1.97. The van der Waals surface area contributed by atoms with Crippen LogP contribution >= 0.6 is 35.3 Å². The molecule has 2 aliphatic heterocycles. The average molecular weight is 361 g/mol. The van der Waals surface area contributed by atoms with Crippen molar-refractivity contribution in [3.05, 3.63) is 20.5 Å². The Bertz CT molecular complexity index is 807. The van der Waals surface area contributed by atoms with Crippen LogP contribution in [0.2, 0.25) is 0 Å². The van der Waals surface area contributed by atoms with Crippen LogP contribution in [0, 0.1) is 22.7 Å². The highest BCUT2D eigenvalue weighted by atomic mass is 32.2. The number of rotatable bonds is 2. The molecule has 10 heteroatoms. The topological polar surface area (TPSA) is 111 Å². The highest BCUT2D eigenvalue weighted by Crippen LogP contribution is 2.53. The van der Waals surface area contributed by atoms with E-state index in [1.807, 2.05) is 19.1 Å². The van der Waals surface area contributed by atoms with Crippen LogP contribution in [0.5, 0.6) is 0 Å². The van der Waals surface area contributed by atoms with Crippen LogP contribution in [0.15, 0.2) is 19.2 Å². The summed E-state index contributed by atoms with van der Waals surface area (Å²) in [5, 5.41) is 18.6. The number of hydrogen-bond acceptors (Lipinski definition) is 9. The first-order valence-corrected chi connectivity index (χ1v) is 8.89. The van der Waals surface area contributed by atoms with Gasteiger partial charge in [-0.2, -0.15) is 10.5 Å². The molecule has 0 aromatic carbocycles. The number of imide groups is 1. The van der Waals surface area contributed by atoms with Crippen molar-refractivity contribution in [2.45, 2.75) is 23.4 Å². The molecule has 23 heavy (non-hydrogen) atoms. The smallest absolute Gasteiger partial charge is 0.268 e. The van der Waals surface area contributed by atoms with E-state index in [4.69, 9.17) is 10.5 Å². The van der Waals surface area contributed by atoms with Crippen LogP contribution < -0.4 is 0 Å². The monoisotopic (exact) mass is 361 g/mol. The summed E-state index contributed by atoms with van der Waals surface area (Å²) in [7, 11) is 0. The Morgan fingerprint density at radius 1 is 1.04 bits per heavy atom. The third kappa shape index (κ3) is 2.70. The number of carbonyl (C=O) groups is 2. The number of hydrogen-bond donors (Lipinski definition) is 0. The molecule has 0 aliphatic carbocycles. The number of aromatic nitrogens is 2. The van der Waals surface area contributed by atoms with E-state index in [1.165, 1.54) is 28.4 Å². The van der Waals surface area contributed by atoms with Gasteiger partial charge in [0.15, 0.2) is 11.4 Å². The predicted octanol–water partition coefficient (Wildman–Crippen LogP) is 2.69. The van der Waals surface area contributed by atoms with Gasteiger partial charge in [0.05, 0.1) is 4.24 Å². The molecule has 2 aliphatic rings. The molecule has 114 valence electrons. The number of amides is 2. The van der Waals surface area contributed by atoms with Crippen molar-refractivity contribution in [1.29, 1.82) is 10.5 Å². The second kappa shape index (κ2) is 6.24. The first-order chi connectivity index (χ1) is 11.1. The van der Waals surface area contributed by atoms with Gasteiger partial charge < -0.3 is 0 Å². The SMILES string of the molecule is CCCN1C(=O)SC(=C2Sc3nc(C#N)c(C#N)nc3S2)C1=O. The van der Waals surface area contributed by atoms with Gasteiger partial charge in [0.25, 0.3) is 11.1 Å². The normalized spacial score (nSPS) is 16.6. The van der Waals surface area contributed by atoms with Crippen molar-refractivity contribution >= 4 is 46.4 Å². The van der Waals surface area contributed by atoms with Crippen molar-refractivity contribution in [3.8, 4) is 12.1 Å². The summed E-state index contributed by atoms with van der Waals surface area (Å²) in [6, 6.07) is 3.66. The van der Waals surface area contributed by atoms with E-state index < -0.39 is 0 Å². The first kappa shape index (κ1) is 15.9. The molecular formula is C13H7N5O2S3. The van der Waals surface area contributed by atoms with Gasteiger partial charge in [-0.3, -0.25) is 14.5 Å². The zero-order chi connectivity index (χ0) is 16.6. The van der Waals surface area contributed by atoms with Crippen molar-refractivity contribution in [1.82, 2.24) is 14.9 Å². The summed E-state index contributed by atoms with van der Waals surface area (Å²) in [6.45, 7) is 2.28. The Morgan fingerprint density at radius 2 is 1.61 bits per heavy atom. The Kier molecular flexibility index (Phi) is 4.31. The molecular weight excluding hydrogens is 354 g/mol. The van der Waals surface area contributed by atoms with E-state index in [0.29, 0.717) is 32.2 Å². The predicted molar refractivity (Wildman–Crippen MR) is 85.2 cm³/mol. The zero-order valence-electron chi connectivity index (χ0n) is 11.7. The van der Waals surface area contributed by atoms with Crippen LogP contribution in [-0.2, 0) is 4.79 Å². The lowest BCUT2D eigenvalue weighted by Gasteiger charge is -2.09. The zero-order valence-corrected chi connectivity index (χ0v) is 14.1. The van der Waals surface area contributed by atoms with Crippen molar-refractivity contribution < 1.29 is 9.59 Å². The minimum Gasteiger partial charge on any atom is -0.268 e. The van der Waals surface area contributed by atoms with E-state index in [9.17, 15) is 9.59 Å². The fourth-order valence-corrected chi connectivity index (χ4v) is 5.30. The Hall–Kier alpha value is -2.01. The molecule has 0 bridgehead atoms. The van der Waals surface area contributed by atoms with Crippen LogP contribution in [0.1, 0.15) is 24.7 Å². The number of nitriles is 2. The third-order valence-corrected chi connectivity index (χ3v) is 6.51. The number of fused-ring (bicyclic) bond motifs is 1. The molecule has 2 amide bonds. The van der Waals surface area contributed by atoms with E-state index in [-0.39, 0.29) is 22.5 Å². The van der Waals surface area contributed by atoms with Crippen molar-refractivity contribution in [2.24, 2.45) is 0 Å². The second-order valence-electron chi connectivity index (χ2n) is 4.40. The van der Waals surface area contributed by atoms with Gasteiger partial charge >= 0.3 is 0 Å². The molecule has 0 N–H and O–H groups in total. The van der Waals surface area contributed by atoms with E-state index >= 15 is 0 Å². The van der Waals surface area contributed by atoms with Crippen LogP contribution in [0.25, 0.3) is 0 Å².